The number of benzene rings is 2. The molecule has 5 nitrogen and oxygen atoms in total. The number of rotatable bonds is 6. The Bertz CT molecular complexity index is 974. The highest BCUT2D eigenvalue weighted by Crippen LogP contribution is 2.19. The van der Waals surface area contributed by atoms with Crippen LogP contribution in [0.1, 0.15) is 29.5 Å². The monoisotopic (exact) mass is 531 g/mol. The summed E-state index contributed by atoms with van der Waals surface area (Å²) in [6.07, 6.45) is 5.40. The predicted octanol–water partition coefficient (Wildman–Crippen LogP) is 4.47. The number of likely N-dealkylation sites (tertiary alicyclic amines) is 1. The van der Waals surface area contributed by atoms with Crippen LogP contribution in [-0.2, 0) is 13.0 Å². The van der Waals surface area contributed by atoms with Crippen LogP contribution in [0.25, 0.3) is 10.9 Å². The van der Waals surface area contributed by atoms with Gasteiger partial charge < -0.3 is 15.6 Å². The van der Waals surface area contributed by atoms with Gasteiger partial charge in [-0.3, -0.25) is 9.89 Å². The van der Waals surface area contributed by atoms with Crippen molar-refractivity contribution in [3.8, 4) is 0 Å². The van der Waals surface area contributed by atoms with Crippen LogP contribution in [0.15, 0.2) is 59.7 Å². The van der Waals surface area contributed by atoms with Gasteiger partial charge >= 0.3 is 0 Å². The zero-order chi connectivity index (χ0) is 20.8. The molecule has 0 bridgehead atoms. The first-order chi connectivity index (χ1) is 14.7. The molecule has 31 heavy (non-hydrogen) atoms. The van der Waals surface area contributed by atoms with Crippen LogP contribution in [0.2, 0.25) is 0 Å². The summed E-state index contributed by atoms with van der Waals surface area (Å²) < 4.78 is 0. The number of hydrogen-bond donors (Lipinski definition) is 3. The second kappa shape index (κ2) is 11.5. The van der Waals surface area contributed by atoms with Crippen molar-refractivity contribution in [2.24, 2.45) is 4.99 Å². The second-order valence-corrected chi connectivity index (χ2v) is 8.29. The quantitative estimate of drug-likeness (QED) is 0.250. The lowest BCUT2D eigenvalue weighted by molar-refractivity contribution is 0.198. The van der Waals surface area contributed by atoms with Crippen molar-refractivity contribution in [2.75, 3.05) is 26.7 Å². The lowest BCUT2D eigenvalue weighted by Crippen LogP contribution is -2.48. The lowest BCUT2D eigenvalue weighted by atomic mass is 10.0. The molecule has 1 aliphatic heterocycles. The molecule has 3 N–H and O–H groups in total. The summed E-state index contributed by atoms with van der Waals surface area (Å²) in [5.41, 5.74) is 5.25. The Labute approximate surface area is 202 Å². The number of hydrogen-bond acceptors (Lipinski definition) is 2. The lowest BCUT2D eigenvalue weighted by Gasteiger charge is -2.33. The van der Waals surface area contributed by atoms with E-state index in [1.807, 2.05) is 7.05 Å². The minimum Gasteiger partial charge on any atom is -0.361 e. The van der Waals surface area contributed by atoms with Gasteiger partial charge in [-0.05, 0) is 48.9 Å². The van der Waals surface area contributed by atoms with E-state index in [2.05, 4.69) is 87.2 Å². The normalized spacial score (nSPS) is 15.6. The number of aryl methyl sites for hydroxylation is 1. The largest absolute Gasteiger partial charge is 0.361 e. The smallest absolute Gasteiger partial charge is 0.191 e. The molecule has 0 radical (unpaired) electrons. The molecule has 0 amide bonds. The van der Waals surface area contributed by atoms with Gasteiger partial charge in [-0.25, -0.2) is 0 Å². The summed E-state index contributed by atoms with van der Waals surface area (Å²) in [6.45, 7) is 6.29. The van der Waals surface area contributed by atoms with Crippen molar-refractivity contribution < 1.29 is 0 Å². The number of nitrogens with zero attached hydrogens (tertiary/aromatic N) is 2. The Morgan fingerprint density at radius 3 is 2.65 bits per heavy atom. The van der Waals surface area contributed by atoms with Crippen LogP contribution >= 0.6 is 24.0 Å². The maximum Gasteiger partial charge on any atom is 0.191 e. The van der Waals surface area contributed by atoms with Crippen molar-refractivity contribution in [1.82, 2.24) is 20.5 Å². The van der Waals surface area contributed by atoms with Crippen LogP contribution < -0.4 is 10.6 Å². The molecule has 2 aromatic carbocycles. The maximum atomic E-state index is 4.43. The highest BCUT2D eigenvalue weighted by atomic mass is 127. The predicted molar refractivity (Wildman–Crippen MR) is 141 cm³/mol. The Balaban J connectivity index is 0.00000272. The van der Waals surface area contributed by atoms with Gasteiger partial charge in [0.05, 0.1) is 0 Å². The van der Waals surface area contributed by atoms with Gasteiger partial charge in [0.1, 0.15) is 0 Å². The highest BCUT2D eigenvalue weighted by molar-refractivity contribution is 14.0. The van der Waals surface area contributed by atoms with Crippen molar-refractivity contribution in [3.05, 3.63) is 71.4 Å². The third-order valence-electron chi connectivity index (χ3n) is 6.01. The summed E-state index contributed by atoms with van der Waals surface area (Å²) >= 11 is 0. The Morgan fingerprint density at radius 1 is 1.13 bits per heavy atom. The van der Waals surface area contributed by atoms with Crippen LogP contribution in [0.4, 0.5) is 0 Å². The van der Waals surface area contributed by atoms with Gasteiger partial charge in [0, 0.05) is 56.4 Å². The summed E-state index contributed by atoms with van der Waals surface area (Å²) in [4.78, 5) is 10.4. The molecule has 3 aromatic rings. The van der Waals surface area contributed by atoms with Crippen LogP contribution in [0.3, 0.4) is 0 Å². The first-order valence-electron chi connectivity index (χ1n) is 11.0. The maximum absolute atomic E-state index is 4.43. The van der Waals surface area contributed by atoms with Gasteiger partial charge in [0.2, 0.25) is 0 Å². The van der Waals surface area contributed by atoms with E-state index >= 15 is 0 Å². The van der Waals surface area contributed by atoms with Crippen molar-refractivity contribution in [2.45, 2.75) is 38.8 Å². The number of halogens is 1. The minimum atomic E-state index is 0. The van der Waals surface area contributed by atoms with E-state index in [0.717, 1.165) is 51.4 Å². The molecule has 2 heterocycles. The molecular weight excluding hydrogens is 497 g/mol. The van der Waals surface area contributed by atoms with Crippen molar-refractivity contribution >= 4 is 40.8 Å². The molecule has 1 saturated heterocycles. The molecule has 0 aliphatic carbocycles. The van der Waals surface area contributed by atoms with Crippen LogP contribution in [0, 0.1) is 6.92 Å². The molecule has 0 spiro atoms. The Hall–Kier alpha value is -2.06. The third-order valence-corrected chi connectivity index (χ3v) is 6.01. The number of guanidine groups is 1. The van der Waals surface area contributed by atoms with Gasteiger partial charge in [-0.15, -0.1) is 24.0 Å². The van der Waals surface area contributed by atoms with E-state index in [-0.39, 0.29) is 24.0 Å². The SMILES string of the molecule is CN=C(NCCc1c[nH]c2cc(C)ccc12)NC1CCN(Cc2ccccc2)CC1.I. The Kier molecular flexibility index (Phi) is 8.78. The van der Waals surface area contributed by atoms with E-state index in [1.54, 1.807) is 0 Å². The number of aromatic nitrogens is 1. The van der Waals surface area contributed by atoms with Crippen molar-refractivity contribution in [1.29, 1.82) is 0 Å². The Morgan fingerprint density at radius 2 is 1.90 bits per heavy atom. The number of piperidine rings is 1. The molecule has 166 valence electrons. The van der Waals surface area contributed by atoms with Crippen molar-refractivity contribution in [3.63, 3.8) is 0 Å². The molecule has 1 aromatic heterocycles. The summed E-state index contributed by atoms with van der Waals surface area (Å²) in [7, 11) is 1.86. The van der Waals surface area contributed by atoms with E-state index < -0.39 is 0 Å². The zero-order valence-corrected chi connectivity index (χ0v) is 20.9. The molecule has 1 aliphatic rings. The average Bonchev–Trinajstić information content (AvgIpc) is 3.17. The molecule has 6 heteroatoms. The average molecular weight is 531 g/mol. The first kappa shape index (κ1) is 23.6. The topological polar surface area (TPSA) is 55.5 Å². The number of aliphatic imine (C=N–C) groups is 1. The van der Waals surface area contributed by atoms with Gasteiger partial charge in [-0.2, -0.15) is 0 Å². The number of aromatic amines is 1. The second-order valence-electron chi connectivity index (χ2n) is 8.29. The zero-order valence-electron chi connectivity index (χ0n) is 18.5. The molecule has 0 atom stereocenters. The molecular formula is C25H34IN5. The number of H-pyrrole nitrogens is 1. The summed E-state index contributed by atoms with van der Waals surface area (Å²) in [5.74, 6) is 0.909. The van der Waals surface area contributed by atoms with Crippen LogP contribution in [-0.4, -0.2) is 48.6 Å². The molecule has 4 rings (SSSR count). The van der Waals surface area contributed by atoms with E-state index in [9.17, 15) is 0 Å². The minimum absolute atomic E-state index is 0. The van der Waals surface area contributed by atoms with E-state index in [0.29, 0.717) is 6.04 Å². The van der Waals surface area contributed by atoms with Gasteiger partial charge in [0.15, 0.2) is 5.96 Å². The number of nitrogens with one attached hydrogen (secondary N) is 3. The van der Waals surface area contributed by atoms with Gasteiger partial charge in [0.25, 0.3) is 0 Å². The van der Waals surface area contributed by atoms with Crippen LogP contribution in [0.5, 0.6) is 0 Å². The molecule has 1 fully saturated rings. The standard InChI is InChI=1S/C25H33N5.HI/c1-19-8-9-23-21(17-28-24(23)16-19)10-13-27-25(26-2)29-22-11-14-30(15-12-22)18-20-6-4-3-5-7-20;/h3-9,16-17,22,28H,10-15,18H2,1-2H3,(H2,26,27,29);1H. The fraction of sp³-hybridized carbons (Fsp3) is 0.400. The van der Waals surface area contributed by atoms with E-state index in [1.165, 1.54) is 27.6 Å². The highest BCUT2D eigenvalue weighted by Gasteiger charge is 2.20. The summed E-state index contributed by atoms with van der Waals surface area (Å²) in [5, 5.41) is 8.43. The van der Waals surface area contributed by atoms with Gasteiger partial charge in [-0.1, -0.05) is 42.5 Å². The molecule has 0 unspecified atom stereocenters. The summed E-state index contributed by atoms with van der Waals surface area (Å²) in [6, 6.07) is 17.8. The number of fused-ring (bicyclic) bond motifs is 1. The third kappa shape index (κ3) is 6.46. The molecule has 0 saturated carbocycles. The van der Waals surface area contributed by atoms with E-state index in [4.69, 9.17) is 0 Å². The fourth-order valence-corrected chi connectivity index (χ4v) is 4.29. The fourth-order valence-electron chi connectivity index (χ4n) is 4.29. The first-order valence-corrected chi connectivity index (χ1v) is 11.0.